The van der Waals surface area contributed by atoms with Crippen molar-refractivity contribution in [2.24, 2.45) is 0 Å². The van der Waals surface area contributed by atoms with Gasteiger partial charge < -0.3 is 14.5 Å². The van der Waals surface area contributed by atoms with Crippen molar-refractivity contribution in [3.63, 3.8) is 0 Å². The molecule has 1 unspecified atom stereocenters. The molecule has 1 aromatic heterocycles. The van der Waals surface area contributed by atoms with Gasteiger partial charge in [0, 0.05) is 19.2 Å². The van der Waals surface area contributed by atoms with Crippen LogP contribution in [0.4, 0.5) is 0 Å². The molecule has 1 aliphatic rings. The number of carbonyl (C=O) groups excluding carboxylic acids is 1. The Bertz CT molecular complexity index is 687. The lowest BCUT2D eigenvalue weighted by Gasteiger charge is -2.26. The van der Waals surface area contributed by atoms with E-state index in [-0.39, 0.29) is 11.9 Å². The SMILES string of the molecule is COCc1ccc(C(=O)NCC(c2ccc(C)o2)N2CCCC2)cc1. The fraction of sp³-hybridized carbons (Fsp3) is 0.450. The molecule has 1 amide bonds. The summed E-state index contributed by atoms with van der Waals surface area (Å²) in [5.41, 5.74) is 1.72. The lowest BCUT2D eigenvalue weighted by atomic mass is 10.1. The smallest absolute Gasteiger partial charge is 0.251 e. The standard InChI is InChI=1S/C20H26N2O3/c1-15-5-10-19(25-15)18(22-11-3-4-12-22)13-21-20(23)17-8-6-16(7-9-17)14-24-2/h5-10,18H,3-4,11-14H2,1-2H3,(H,21,23). The Hall–Kier alpha value is -2.11. The quantitative estimate of drug-likeness (QED) is 0.839. The maximum Gasteiger partial charge on any atom is 0.251 e. The van der Waals surface area contributed by atoms with Gasteiger partial charge >= 0.3 is 0 Å². The predicted octanol–water partition coefficient (Wildman–Crippen LogP) is 3.30. The molecule has 0 saturated carbocycles. The van der Waals surface area contributed by atoms with Crippen LogP contribution in [-0.2, 0) is 11.3 Å². The van der Waals surface area contributed by atoms with Gasteiger partial charge in [-0.25, -0.2) is 0 Å². The Morgan fingerprint density at radius 3 is 2.52 bits per heavy atom. The molecule has 1 aromatic carbocycles. The molecule has 0 aliphatic carbocycles. The average Bonchev–Trinajstić information content (AvgIpc) is 3.28. The first-order chi connectivity index (χ1) is 12.2. The molecule has 5 heteroatoms. The minimum atomic E-state index is -0.0589. The summed E-state index contributed by atoms with van der Waals surface area (Å²) in [4.78, 5) is 14.9. The number of furan rings is 1. The molecular formula is C20H26N2O3. The van der Waals surface area contributed by atoms with Gasteiger partial charge in [-0.1, -0.05) is 12.1 Å². The Morgan fingerprint density at radius 2 is 1.92 bits per heavy atom. The highest BCUT2D eigenvalue weighted by Crippen LogP contribution is 2.26. The third-order valence-electron chi connectivity index (χ3n) is 4.65. The number of ether oxygens (including phenoxy) is 1. The van der Waals surface area contributed by atoms with Crippen LogP contribution < -0.4 is 5.32 Å². The van der Waals surface area contributed by atoms with Crippen molar-refractivity contribution in [2.75, 3.05) is 26.7 Å². The number of carbonyl (C=O) groups is 1. The zero-order valence-electron chi connectivity index (χ0n) is 15.0. The molecule has 1 aliphatic heterocycles. The molecular weight excluding hydrogens is 316 g/mol. The van der Waals surface area contributed by atoms with E-state index in [0.29, 0.717) is 18.7 Å². The maximum absolute atomic E-state index is 12.5. The van der Waals surface area contributed by atoms with Crippen LogP contribution in [0.25, 0.3) is 0 Å². The van der Waals surface area contributed by atoms with Crippen molar-refractivity contribution >= 4 is 5.91 Å². The number of hydrogen-bond acceptors (Lipinski definition) is 4. The van der Waals surface area contributed by atoms with Crippen molar-refractivity contribution in [1.82, 2.24) is 10.2 Å². The molecule has 0 spiro atoms. The number of hydrogen-bond donors (Lipinski definition) is 1. The van der Waals surface area contributed by atoms with E-state index in [1.807, 2.05) is 43.3 Å². The minimum Gasteiger partial charge on any atom is -0.465 e. The first-order valence-electron chi connectivity index (χ1n) is 8.84. The molecule has 5 nitrogen and oxygen atoms in total. The highest BCUT2D eigenvalue weighted by molar-refractivity contribution is 5.94. The normalized spacial score (nSPS) is 16.1. The predicted molar refractivity (Wildman–Crippen MR) is 96.5 cm³/mol. The average molecular weight is 342 g/mol. The van der Waals surface area contributed by atoms with E-state index >= 15 is 0 Å². The molecule has 25 heavy (non-hydrogen) atoms. The summed E-state index contributed by atoms with van der Waals surface area (Å²) >= 11 is 0. The summed E-state index contributed by atoms with van der Waals surface area (Å²) in [6.45, 7) is 5.14. The number of aryl methyl sites for hydroxylation is 1. The zero-order chi connectivity index (χ0) is 17.6. The number of amides is 1. The van der Waals surface area contributed by atoms with Crippen LogP contribution in [0.15, 0.2) is 40.8 Å². The van der Waals surface area contributed by atoms with E-state index in [9.17, 15) is 4.79 Å². The number of likely N-dealkylation sites (tertiary alicyclic amines) is 1. The fourth-order valence-corrected chi connectivity index (χ4v) is 3.31. The van der Waals surface area contributed by atoms with E-state index in [4.69, 9.17) is 9.15 Å². The van der Waals surface area contributed by atoms with Crippen molar-refractivity contribution in [2.45, 2.75) is 32.4 Å². The highest BCUT2D eigenvalue weighted by atomic mass is 16.5. The summed E-state index contributed by atoms with van der Waals surface area (Å²) in [6, 6.07) is 11.6. The van der Waals surface area contributed by atoms with Gasteiger partial charge in [0.25, 0.3) is 5.91 Å². The summed E-state index contributed by atoms with van der Waals surface area (Å²) in [5, 5.41) is 3.06. The second-order valence-electron chi connectivity index (χ2n) is 6.55. The van der Waals surface area contributed by atoms with Crippen LogP contribution >= 0.6 is 0 Å². The van der Waals surface area contributed by atoms with E-state index in [1.165, 1.54) is 12.8 Å². The minimum absolute atomic E-state index is 0.0589. The van der Waals surface area contributed by atoms with Crippen LogP contribution in [0.2, 0.25) is 0 Å². The molecule has 1 fully saturated rings. The molecule has 0 radical (unpaired) electrons. The van der Waals surface area contributed by atoms with Gasteiger partial charge in [0.2, 0.25) is 0 Å². The van der Waals surface area contributed by atoms with Crippen molar-refractivity contribution in [3.05, 3.63) is 59.0 Å². The van der Waals surface area contributed by atoms with E-state index in [1.54, 1.807) is 7.11 Å². The van der Waals surface area contributed by atoms with Crippen LogP contribution in [-0.4, -0.2) is 37.6 Å². The molecule has 1 atom stereocenters. The first-order valence-corrected chi connectivity index (χ1v) is 8.84. The zero-order valence-corrected chi connectivity index (χ0v) is 15.0. The molecule has 1 saturated heterocycles. The number of methoxy groups -OCH3 is 1. The maximum atomic E-state index is 12.5. The fourth-order valence-electron chi connectivity index (χ4n) is 3.31. The summed E-state index contributed by atoms with van der Waals surface area (Å²) in [7, 11) is 1.66. The monoisotopic (exact) mass is 342 g/mol. The lowest BCUT2D eigenvalue weighted by Crippen LogP contribution is -2.36. The van der Waals surface area contributed by atoms with Crippen molar-refractivity contribution in [3.8, 4) is 0 Å². The van der Waals surface area contributed by atoms with Crippen LogP contribution in [0.1, 0.15) is 46.3 Å². The van der Waals surface area contributed by atoms with E-state index < -0.39 is 0 Å². The van der Waals surface area contributed by atoms with Gasteiger partial charge in [0.05, 0.1) is 12.6 Å². The van der Waals surface area contributed by atoms with Crippen molar-refractivity contribution in [1.29, 1.82) is 0 Å². The van der Waals surface area contributed by atoms with Gasteiger partial charge in [0.15, 0.2) is 0 Å². The van der Waals surface area contributed by atoms with Gasteiger partial charge in [-0.05, 0) is 62.7 Å². The van der Waals surface area contributed by atoms with Crippen LogP contribution in [0, 0.1) is 6.92 Å². The lowest BCUT2D eigenvalue weighted by molar-refractivity contribution is 0.0933. The second kappa shape index (κ2) is 8.32. The number of rotatable bonds is 7. The molecule has 1 N–H and O–H groups in total. The third-order valence-corrected chi connectivity index (χ3v) is 4.65. The molecule has 0 bridgehead atoms. The third kappa shape index (κ3) is 4.50. The van der Waals surface area contributed by atoms with Gasteiger partial charge in [-0.15, -0.1) is 0 Å². The first kappa shape index (κ1) is 17.7. The molecule has 3 rings (SSSR count). The summed E-state index contributed by atoms with van der Waals surface area (Å²) in [6.07, 6.45) is 2.40. The summed E-state index contributed by atoms with van der Waals surface area (Å²) in [5.74, 6) is 1.77. The van der Waals surface area contributed by atoms with E-state index in [2.05, 4.69) is 10.2 Å². The molecule has 2 aromatic rings. The van der Waals surface area contributed by atoms with Gasteiger partial charge in [-0.2, -0.15) is 0 Å². The Balaban J connectivity index is 1.64. The Labute approximate surface area is 149 Å². The highest BCUT2D eigenvalue weighted by Gasteiger charge is 2.26. The van der Waals surface area contributed by atoms with Gasteiger partial charge in [-0.3, -0.25) is 9.69 Å². The van der Waals surface area contributed by atoms with E-state index in [0.717, 1.165) is 30.2 Å². The Kier molecular flexibility index (Phi) is 5.89. The number of benzene rings is 1. The number of nitrogens with one attached hydrogen (secondary N) is 1. The Morgan fingerprint density at radius 1 is 1.20 bits per heavy atom. The van der Waals surface area contributed by atoms with Gasteiger partial charge in [0.1, 0.15) is 11.5 Å². The second-order valence-corrected chi connectivity index (χ2v) is 6.55. The van der Waals surface area contributed by atoms with Crippen LogP contribution in [0.5, 0.6) is 0 Å². The topological polar surface area (TPSA) is 54.7 Å². The molecule has 134 valence electrons. The largest absolute Gasteiger partial charge is 0.465 e. The molecule has 2 heterocycles. The number of nitrogens with zero attached hydrogens (tertiary/aromatic N) is 1. The van der Waals surface area contributed by atoms with Crippen molar-refractivity contribution < 1.29 is 13.9 Å². The van der Waals surface area contributed by atoms with Crippen LogP contribution in [0.3, 0.4) is 0 Å². The summed E-state index contributed by atoms with van der Waals surface area (Å²) < 4.78 is 10.9.